The summed E-state index contributed by atoms with van der Waals surface area (Å²) in [6.07, 6.45) is 1.55. The van der Waals surface area contributed by atoms with Crippen LogP contribution in [0.3, 0.4) is 0 Å². The molecule has 4 heteroatoms. The van der Waals surface area contributed by atoms with Crippen molar-refractivity contribution in [3.63, 3.8) is 0 Å². The lowest BCUT2D eigenvalue weighted by molar-refractivity contribution is 0.467. The minimum atomic E-state index is 0.476. The van der Waals surface area contributed by atoms with Gasteiger partial charge in [-0.05, 0) is 47.5 Å². The van der Waals surface area contributed by atoms with Crippen LogP contribution in [0.1, 0.15) is 30.9 Å². The fourth-order valence-electron chi connectivity index (χ4n) is 2.13. The van der Waals surface area contributed by atoms with Crippen LogP contribution in [0.2, 0.25) is 0 Å². The molecule has 3 nitrogen and oxygen atoms in total. The molecule has 0 aliphatic heterocycles. The average molecular weight is 284 g/mol. The lowest BCUT2D eigenvalue weighted by Crippen LogP contribution is -1.93. The van der Waals surface area contributed by atoms with Crippen molar-refractivity contribution < 1.29 is 4.74 Å². The molecule has 0 amide bonds. The first-order chi connectivity index (χ1) is 9.63. The summed E-state index contributed by atoms with van der Waals surface area (Å²) in [6, 6.07) is 8.30. The van der Waals surface area contributed by atoms with Gasteiger partial charge in [0.1, 0.15) is 16.9 Å². The van der Waals surface area contributed by atoms with Crippen LogP contribution in [-0.4, -0.2) is 9.97 Å². The number of benzene rings is 1. The Hall–Kier alpha value is -1.94. The Morgan fingerprint density at radius 3 is 2.80 bits per heavy atom. The van der Waals surface area contributed by atoms with Crippen molar-refractivity contribution in [1.82, 2.24) is 9.97 Å². The summed E-state index contributed by atoms with van der Waals surface area (Å²) in [5.74, 6) is 1.93. The molecule has 0 fully saturated rings. The topological polar surface area (TPSA) is 35.0 Å². The van der Waals surface area contributed by atoms with Crippen molar-refractivity contribution in [2.24, 2.45) is 0 Å². The molecule has 0 N–H and O–H groups in total. The molecule has 0 unspecified atom stereocenters. The monoisotopic (exact) mass is 284 g/mol. The number of hydrogen-bond acceptors (Lipinski definition) is 4. The number of fused-ring (bicyclic) bond motifs is 1. The second kappa shape index (κ2) is 5.21. The first-order valence-corrected chi connectivity index (χ1v) is 7.49. The zero-order valence-electron chi connectivity index (χ0n) is 11.8. The van der Waals surface area contributed by atoms with Crippen LogP contribution in [0, 0.1) is 6.92 Å². The standard InChI is InChI=1S/C16H16N2OS/c1-10(2)12-6-11(3)7-13(8-12)19-15-14-4-5-20-16(14)18-9-17-15/h4-10H,1-3H3. The van der Waals surface area contributed by atoms with Gasteiger partial charge in [-0.3, -0.25) is 0 Å². The third-order valence-corrected chi connectivity index (χ3v) is 4.00. The van der Waals surface area contributed by atoms with Gasteiger partial charge >= 0.3 is 0 Å². The molecule has 2 aromatic heterocycles. The molecule has 1 aromatic carbocycles. The highest BCUT2D eigenvalue weighted by Crippen LogP contribution is 2.31. The summed E-state index contributed by atoms with van der Waals surface area (Å²) in [4.78, 5) is 9.44. The summed E-state index contributed by atoms with van der Waals surface area (Å²) in [5, 5.41) is 2.97. The number of hydrogen-bond donors (Lipinski definition) is 0. The first-order valence-electron chi connectivity index (χ1n) is 6.61. The van der Waals surface area contributed by atoms with Crippen molar-refractivity contribution in [1.29, 1.82) is 0 Å². The van der Waals surface area contributed by atoms with Gasteiger partial charge in [0.05, 0.1) is 5.39 Å². The average Bonchev–Trinajstić information content (AvgIpc) is 2.87. The van der Waals surface area contributed by atoms with Gasteiger partial charge in [-0.1, -0.05) is 19.9 Å². The molecule has 2 heterocycles. The summed E-state index contributed by atoms with van der Waals surface area (Å²) >= 11 is 1.59. The van der Waals surface area contributed by atoms with Crippen LogP contribution in [0.25, 0.3) is 10.2 Å². The van der Waals surface area contributed by atoms with Crippen molar-refractivity contribution in [3.8, 4) is 11.6 Å². The predicted molar refractivity (Wildman–Crippen MR) is 82.8 cm³/mol. The maximum atomic E-state index is 5.98. The quantitative estimate of drug-likeness (QED) is 0.685. The number of ether oxygens (including phenoxy) is 1. The maximum Gasteiger partial charge on any atom is 0.231 e. The summed E-state index contributed by atoms with van der Waals surface area (Å²) in [7, 11) is 0. The molecule has 3 rings (SSSR count). The lowest BCUT2D eigenvalue weighted by Gasteiger charge is -2.11. The molecule has 0 radical (unpaired) electrons. The molecule has 0 atom stereocenters. The van der Waals surface area contributed by atoms with E-state index in [-0.39, 0.29) is 0 Å². The van der Waals surface area contributed by atoms with Gasteiger partial charge in [-0.2, -0.15) is 0 Å². The van der Waals surface area contributed by atoms with E-state index in [1.165, 1.54) is 11.1 Å². The number of aryl methyl sites for hydroxylation is 1. The molecule has 102 valence electrons. The Balaban J connectivity index is 2.00. The van der Waals surface area contributed by atoms with Crippen molar-refractivity contribution in [3.05, 3.63) is 47.1 Å². The van der Waals surface area contributed by atoms with E-state index in [0.717, 1.165) is 16.0 Å². The van der Waals surface area contributed by atoms with Gasteiger partial charge in [0.2, 0.25) is 5.88 Å². The molecule has 3 aromatic rings. The Morgan fingerprint density at radius 1 is 1.15 bits per heavy atom. The normalized spacial score (nSPS) is 11.2. The van der Waals surface area contributed by atoms with E-state index in [1.807, 2.05) is 17.5 Å². The maximum absolute atomic E-state index is 5.98. The smallest absolute Gasteiger partial charge is 0.231 e. The number of rotatable bonds is 3. The molecule has 0 saturated carbocycles. The number of nitrogens with zero attached hydrogens (tertiary/aromatic N) is 2. The van der Waals surface area contributed by atoms with Crippen LogP contribution in [0.5, 0.6) is 11.6 Å². The van der Waals surface area contributed by atoms with Crippen molar-refractivity contribution in [2.45, 2.75) is 26.7 Å². The molecule has 0 aliphatic rings. The van der Waals surface area contributed by atoms with Gasteiger partial charge < -0.3 is 4.74 Å². The molecule has 0 aliphatic carbocycles. The Bertz CT molecular complexity index is 749. The van der Waals surface area contributed by atoms with E-state index in [2.05, 4.69) is 42.9 Å². The van der Waals surface area contributed by atoms with Gasteiger partial charge in [-0.25, -0.2) is 9.97 Å². The van der Waals surface area contributed by atoms with Gasteiger partial charge in [-0.15, -0.1) is 11.3 Å². The molecular weight excluding hydrogens is 268 g/mol. The Morgan fingerprint density at radius 2 is 2.00 bits per heavy atom. The number of thiophene rings is 1. The van der Waals surface area contributed by atoms with E-state index in [0.29, 0.717) is 11.8 Å². The van der Waals surface area contributed by atoms with E-state index in [9.17, 15) is 0 Å². The molecule has 0 spiro atoms. The zero-order chi connectivity index (χ0) is 14.1. The second-order valence-electron chi connectivity index (χ2n) is 5.15. The summed E-state index contributed by atoms with van der Waals surface area (Å²) in [6.45, 7) is 6.44. The molecular formula is C16H16N2OS. The van der Waals surface area contributed by atoms with E-state index in [1.54, 1.807) is 17.7 Å². The van der Waals surface area contributed by atoms with E-state index in [4.69, 9.17) is 4.74 Å². The minimum absolute atomic E-state index is 0.476. The fraction of sp³-hybridized carbons (Fsp3) is 0.250. The molecule has 0 bridgehead atoms. The SMILES string of the molecule is Cc1cc(Oc2ncnc3sccc23)cc(C(C)C)c1. The van der Waals surface area contributed by atoms with Gasteiger partial charge in [0, 0.05) is 0 Å². The fourth-order valence-corrected chi connectivity index (χ4v) is 2.85. The van der Waals surface area contributed by atoms with Gasteiger partial charge in [0.15, 0.2) is 0 Å². The molecule has 0 saturated heterocycles. The highest BCUT2D eigenvalue weighted by Gasteiger charge is 2.09. The number of aromatic nitrogens is 2. The zero-order valence-corrected chi connectivity index (χ0v) is 12.6. The largest absolute Gasteiger partial charge is 0.438 e. The third-order valence-electron chi connectivity index (χ3n) is 3.18. The summed E-state index contributed by atoms with van der Waals surface area (Å²) < 4.78 is 5.98. The third kappa shape index (κ3) is 2.51. The Kier molecular flexibility index (Phi) is 3.40. The van der Waals surface area contributed by atoms with Crippen molar-refractivity contribution in [2.75, 3.05) is 0 Å². The second-order valence-corrected chi connectivity index (χ2v) is 6.05. The predicted octanol–water partition coefficient (Wildman–Crippen LogP) is 4.92. The highest BCUT2D eigenvalue weighted by molar-refractivity contribution is 7.16. The van der Waals surface area contributed by atoms with Crippen LogP contribution in [0.4, 0.5) is 0 Å². The van der Waals surface area contributed by atoms with E-state index < -0.39 is 0 Å². The van der Waals surface area contributed by atoms with Crippen molar-refractivity contribution >= 4 is 21.6 Å². The van der Waals surface area contributed by atoms with Crippen LogP contribution < -0.4 is 4.74 Å². The summed E-state index contributed by atoms with van der Waals surface area (Å²) in [5.41, 5.74) is 2.47. The van der Waals surface area contributed by atoms with Crippen LogP contribution in [0.15, 0.2) is 36.0 Å². The van der Waals surface area contributed by atoms with Crippen LogP contribution >= 0.6 is 11.3 Å². The first kappa shape index (κ1) is 13.1. The van der Waals surface area contributed by atoms with E-state index >= 15 is 0 Å². The highest BCUT2D eigenvalue weighted by atomic mass is 32.1. The van der Waals surface area contributed by atoms with Gasteiger partial charge in [0.25, 0.3) is 0 Å². The lowest BCUT2D eigenvalue weighted by atomic mass is 10.0. The minimum Gasteiger partial charge on any atom is -0.438 e. The van der Waals surface area contributed by atoms with Crippen LogP contribution in [-0.2, 0) is 0 Å². The Labute approximate surface area is 122 Å². The molecule has 20 heavy (non-hydrogen) atoms.